The zero-order valence-electron chi connectivity index (χ0n) is 14.0. The van der Waals surface area contributed by atoms with Crippen LogP contribution in [0.15, 0.2) is 12.4 Å². The van der Waals surface area contributed by atoms with E-state index in [4.69, 9.17) is 4.74 Å². The van der Waals surface area contributed by atoms with E-state index < -0.39 is 11.7 Å². The molecule has 0 aromatic carbocycles. The summed E-state index contributed by atoms with van der Waals surface area (Å²) < 4.78 is 43.6. The summed E-state index contributed by atoms with van der Waals surface area (Å²) in [5, 5.41) is 0. The van der Waals surface area contributed by atoms with E-state index in [1.54, 1.807) is 0 Å². The van der Waals surface area contributed by atoms with E-state index >= 15 is 0 Å². The van der Waals surface area contributed by atoms with Crippen molar-refractivity contribution in [3.63, 3.8) is 0 Å². The average molecular weight is 331 g/mol. The van der Waals surface area contributed by atoms with Crippen LogP contribution in [0.3, 0.4) is 0 Å². The quantitative estimate of drug-likeness (QED) is 0.841. The van der Waals surface area contributed by atoms with E-state index in [1.807, 2.05) is 25.7 Å². The summed E-state index contributed by atoms with van der Waals surface area (Å²) in [6.45, 7) is 9.65. The van der Waals surface area contributed by atoms with Crippen molar-refractivity contribution in [3.05, 3.63) is 18.0 Å². The first kappa shape index (κ1) is 18.0. The number of ether oxygens (including phenoxy) is 1. The molecule has 1 fully saturated rings. The first-order valence-electron chi connectivity index (χ1n) is 7.88. The van der Waals surface area contributed by atoms with Gasteiger partial charge in [0.25, 0.3) is 0 Å². The monoisotopic (exact) mass is 331 g/mol. The summed E-state index contributed by atoms with van der Waals surface area (Å²) in [5.41, 5.74) is -0.990. The molecule has 1 saturated heterocycles. The molecule has 130 valence electrons. The SMILES string of the molecule is CC(OC(C)(C)C)C1CCN(c2ncc(C(F)(F)F)cn2)CC1. The highest BCUT2D eigenvalue weighted by atomic mass is 19.4. The van der Waals surface area contributed by atoms with E-state index in [2.05, 4.69) is 16.9 Å². The molecular weight excluding hydrogens is 307 g/mol. The highest BCUT2D eigenvalue weighted by Crippen LogP contribution is 2.30. The molecule has 2 rings (SSSR count). The van der Waals surface area contributed by atoms with Gasteiger partial charge >= 0.3 is 6.18 Å². The third-order valence-electron chi connectivity index (χ3n) is 3.99. The van der Waals surface area contributed by atoms with Gasteiger partial charge in [0, 0.05) is 25.5 Å². The van der Waals surface area contributed by atoms with Gasteiger partial charge in [0.15, 0.2) is 0 Å². The maximum absolute atomic E-state index is 12.5. The molecule has 1 atom stereocenters. The van der Waals surface area contributed by atoms with Gasteiger partial charge in [-0.3, -0.25) is 0 Å². The van der Waals surface area contributed by atoms with Crippen molar-refractivity contribution in [2.24, 2.45) is 5.92 Å². The van der Waals surface area contributed by atoms with Gasteiger partial charge in [-0.05, 0) is 46.5 Å². The Kier molecular flexibility index (Phi) is 5.18. The molecule has 0 spiro atoms. The van der Waals surface area contributed by atoms with Crippen LogP contribution in [0.2, 0.25) is 0 Å². The maximum atomic E-state index is 12.5. The standard InChI is InChI=1S/C16H24F3N3O/c1-11(23-15(2,3)4)12-5-7-22(8-6-12)14-20-9-13(10-21-14)16(17,18)19/h9-12H,5-8H2,1-4H3. The summed E-state index contributed by atoms with van der Waals surface area (Å²) in [5.74, 6) is 0.806. The van der Waals surface area contributed by atoms with Crippen molar-refractivity contribution in [2.75, 3.05) is 18.0 Å². The van der Waals surface area contributed by atoms with E-state index in [0.717, 1.165) is 38.3 Å². The molecule has 2 heterocycles. The summed E-state index contributed by atoms with van der Waals surface area (Å²) >= 11 is 0. The molecule has 0 bridgehead atoms. The van der Waals surface area contributed by atoms with Crippen molar-refractivity contribution < 1.29 is 17.9 Å². The first-order chi connectivity index (χ1) is 10.6. The van der Waals surface area contributed by atoms with Gasteiger partial charge in [0.05, 0.1) is 17.3 Å². The van der Waals surface area contributed by atoms with Crippen LogP contribution in [0.4, 0.5) is 19.1 Å². The second-order valence-corrected chi connectivity index (χ2v) is 7.03. The lowest BCUT2D eigenvalue weighted by Gasteiger charge is -2.37. The van der Waals surface area contributed by atoms with E-state index in [1.165, 1.54) is 0 Å². The van der Waals surface area contributed by atoms with Crippen LogP contribution in [0, 0.1) is 5.92 Å². The van der Waals surface area contributed by atoms with Gasteiger partial charge in [-0.1, -0.05) is 0 Å². The Morgan fingerprint density at radius 1 is 1.13 bits per heavy atom. The Bertz CT molecular complexity index is 503. The van der Waals surface area contributed by atoms with Gasteiger partial charge in [0.2, 0.25) is 5.95 Å². The molecular formula is C16H24F3N3O. The number of piperidine rings is 1. The van der Waals surface area contributed by atoms with E-state index in [9.17, 15) is 13.2 Å². The molecule has 0 aliphatic carbocycles. The molecule has 0 amide bonds. The highest BCUT2D eigenvalue weighted by Gasteiger charge is 2.32. The van der Waals surface area contributed by atoms with Gasteiger partial charge in [-0.15, -0.1) is 0 Å². The number of hydrogen-bond acceptors (Lipinski definition) is 4. The lowest BCUT2D eigenvalue weighted by atomic mass is 9.91. The van der Waals surface area contributed by atoms with E-state index in [-0.39, 0.29) is 11.7 Å². The molecule has 1 unspecified atom stereocenters. The molecule has 1 aromatic rings. The summed E-state index contributed by atoms with van der Waals surface area (Å²) in [7, 11) is 0. The predicted molar refractivity (Wildman–Crippen MR) is 82.3 cm³/mol. The fourth-order valence-electron chi connectivity index (χ4n) is 2.85. The van der Waals surface area contributed by atoms with Crippen molar-refractivity contribution in [1.29, 1.82) is 0 Å². The molecule has 0 saturated carbocycles. The number of anilines is 1. The van der Waals surface area contributed by atoms with Crippen LogP contribution in [-0.2, 0) is 10.9 Å². The fourth-order valence-corrected chi connectivity index (χ4v) is 2.85. The van der Waals surface area contributed by atoms with Crippen molar-refractivity contribution >= 4 is 5.95 Å². The number of aromatic nitrogens is 2. The Hall–Kier alpha value is -1.37. The van der Waals surface area contributed by atoms with Crippen molar-refractivity contribution in [3.8, 4) is 0 Å². The number of hydrogen-bond donors (Lipinski definition) is 0. The predicted octanol–water partition coefficient (Wildman–Crippen LogP) is 3.92. The van der Waals surface area contributed by atoms with Gasteiger partial charge in [-0.2, -0.15) is 13.2 Å². The minimum Gasteiger partial charge on any atom is -0.373 e. The summed E-state index contributed by atoms with van der Waals surface area (Å²) in [6, 6.07) is 0. The molecule has 7 heteroatoms. The summed E-state index contributed by atoms with van der Waals surface area (Å²) in [6.07, 6.45) is -0.709. The first-order valence-corrected chi connectivity index (χ1v) is 7.88. The van der Waals surface area contributed by atoms with E-state index in [0.29, 0.717) is 11.9 Å². The van der Waals surface area contributed by atoms with Crippen molar-refractivity contribution in [1.82, 2.24) is 9.97 Å². The lowest BCUT2D eigenvalue weighted by Crippen LogP contribution is -2.40. The molecule has 0 N–H and O–H groups in total. The Morgan fingerprint density at radius 3 is 2.09 bits per heavy atom. The maximum Gasteiger partial charge on any atom is 0.419 e. The normalized spacial score (nSPS) is 19.0. The number of alkyl halides is 3. The average Bonchev–Trinajstić information content (AvgIpc) is 2.45. The topological polar surface area (TPSA) is 38.2 Å². The second-order valence-electron chi connectivity index (χ2n) is 7.03. The molecule has 4 nitrogen and oxygen atoms in total. The van der Waals surface area contributed by atoms with Crippen LogP contribution in [0.5, 0.6) is 0 Å². The Labute approximate surface area is 135 Å². The number of halogens is 3. The number of nitrogens with zero attached hydrogens (tertiary/aromatic N) is 3. The smallest absolute Gasteiger partial charge is 0.373 e. The van der Waals surface area contributed by atoms with Gasteiger partial charge in [0.1, 0.15) is 0 Å². The molecule has 1 aromatic heterocycles. The van der Waals surface area contributed by atoms with Crippen LogP contribution in [-0.4, -0.2) is 34.8 Å². The van der Waals surface area contributed by atoms with Crippen LogP contribution in [0.1, 0.15) is 46.1 Å². The summed E-state index contributed by atoms with van der Waals surface area (Å²) in [4.78, 5) is 9.65. The lowest BCUT2D eigenvalue weighted by molar-refractivity contribution is -0.138. The Morgan fingerprint density at radius 2 is 1.65 bits per heavy atom. The second kappa shape index (κ2) is 6.63. The van der Waals surface area contributed by atoms with Crippen LogP contribution >= 0.6 is 0 Å². The number of rotatable bonds is 3. The van der Waals surface area contributed by atoms with Gasteiger partial charge < -0.3 is 9.64 Å². The minimum absolute atomic E-state index is 0.158. The molecule has 23 heavy (non-hydrogen) atoms. The minimum atomic E-state index is -4.40. The largest absolute Gasteiger partial charge is 0.419 e. The third kappa shape index (κ3) is 5.06. The fraction of sp³-hybridized carbons (Fsp3) is 0.750. The molecule has 1 aliphatic heterocycles. The molecule has 0 radical (unpaired) electrons. The van der Waals surface area contributed by atoms with Crippen LogP contribution in [0.25, 0.3) is 0 Å². The van der Waals surface area contributed by atoms with Gasteiger partial charge in [-0.25, -0.2) is 9.97 Å². The zero-order valence-corrected chi connectivity index (χ0v) is 14.0. The van der Waals surface area contributed by atoms with Crippen molar-refractivity contribution in [2.45, 2.75) is 58.4 Å². The Balaban J connectivity index is 1.92. The van der Waals surface area contributed by atoms with Crippen LogP contribution < -0.4 is 4.90 Å². The third-order valence-corrected chi connectivity index (χ3v) is 3.99. The molecule has 1 aliphatic rings. The zero-order chi connectivity index (χ0) is 17.3. The highest BCUT2D eigenvalue weighted by molar-refractivity contribution is 5.31.